The summed E-state index contributed by atoms with van der Waals surface area (Å²) >= 11 is 6.07. The Kier molecular flexibility index (Phi) is 3.39. The number of carboxylic acids is 1. The first-order valence-corrected chi connectivity index (χ1v) is 5.89. The third-order valence-electron chi connectivity index (χ3n) is 2.92. The summed E-state index contributed by atoms with van der Waals surface area (Å²) < 4.78 is 1.72. The summed E-state index contributed by atoms with van der Waals surface area (Å²) in [5, 5.41) is 13.7. The summed E-state index contributed by atoms with van der Waals surface area (Å²) in [4.78, 5) is 10.7. The molecule has 0 saturated heterocycles. The van der Waals surface area contributed by atoms with Crippen molar-refractivity contribution in [3.05, 3.63) is 46.2 Å². The fourth-order valence-electron chi connectivity index (χ4n) is 1.85. The van der Waals surface area contributed by atoms with Crippen molar-refractivity contribution >= 4 is 17.6 Å². The predicted octanol–water partition coefficient (Wildman–Crippen LogP) is 2.77. The SMILES string of the molecule is Cc1c(Cl)cccc1-n1ncc(CC(=O)O)c1C. The monoisotopic (exact) mass is 264 g/mol. The van der Waals surface area contributed by atoms with Crippen LogP contribution in [0, 0.1) is 13.8 Å². The molecule has 94 valence electrons. The fraction of sp³-hybridized carbons (Fsp3) is 0.231. The highest BCUT2D eigenvalue weighted by molar-refractivity contribution is 6.31. The van der Waals surface area contributed by atoms with Crippen LogP contribution in [0.3, 0.4) is 0 Å². The van der Waals surface area contributed by atoms with Crippen molar-refractivity contribution in [3.63, 3.8) is 0 Å². The van der Waals surface area contributed by atoms with Crippen LogP contribution in [0.25, 0.3) is 5.69 Å². The lowest BCUT2D eigenvalue weighted by Gasteiger charge is -2.09. The molecule has 0 spiro atoms. The van der Waals surface area contributed by atoms with Crippen molar-refractivity contribution in [2.45, 2.75) is 20.3 Å². The molecule has 4 nitrogen and oxygen atoms in total. The highest BCUT2D eigenvalue weighted by Crippen LogP contribution is 2.23. The first-order valence-electron chi connectivity index (χ1n) is 5.51. The molecular formula is C13H13ClN2O2. The number of hydrogen-bond acceptors (Lipinski definition) is 2. The molecule has 1 heterocycles. The fourth-order valence-corrected chi connectivity index (χ4v) is 2.02. The van der Waals surface area contributed by atoms with Crippen molar-refractivity contribution < 1.29 is 9.90 Å². The molecular weight excluding hydrogens is 252 g/mol. The summed E-state index contributed by atoms with van der Waals surface area (Å²) in [5.41, 5.74) is 3.33. The van der Waals surface area contributed by atoms with E-state index in [0.717, 1.165) is 16.9 Å². The zero-order valence-corrected chi connectivity index (χ0v) is 10.9. The maximum Gasteiger partial charge on any atom is 0.307 e. The van der Waals surface area contributed by atoms with Gasteiger partial charge < -0.3 is 5.11 Å². The Morgan fingerprint density at radius 1 is 1.44 bits per heavy atom. The van der Waals surface area contributed by atoms with Crippen LogP contribution in [-0.2, 0) is 11.2 Å². The number of halogens is 1. The topological polar surface area (TPSA) is 55.1 Å². The van der Waals surface area contributed by atoms with Crippen LogP contribution in [0.1, 0.15) is 16.8 Å². The van der Waals surface area contributed by atoms with Crippen LogP contribution in [0.15, 0.2) is 24.4 Å². The lowest BCUT2D eigenvalue weighted by atomic mass is 10.1. The zero-order chi connectivity index (χ0) is 13.3. The molecule has 1 aromatic heterocycles. The maximum absolute atomic E-state index is 10.7. The average molecular weight is 265 g/mol. The van der Waals surface area contributed by atoms with E-state index >= 15 is 0 Å². The van der Waals surface area contributed by atoms with E-state index in [1.165, 1.54) is 0 Å². The highest BCUT2D eigenvalue weighted by atomic mass is 35.5. The second-order valence-electron chi connectivity index (χ2n) is 4.12. The minimum Gasteiger partial charge on any atom is -0.481 e. The van der Waals surface area contributed by atoms with Crippen LogP contribution in [0.5, 0.6) is 0 Å². The van der Waals surface area contributed by atoms with Gasteiger partial charge in [-0.05, 0) is 31.5 Å². The number of nitrogens with zero attached hydrogens (tertiary/aromatic N) is 2. The molecule has 0 radical (unpaired) electrons. The molecule has 0 amide bonds. The molecule has 0 atom stereocenters. The Morgan fingerprint density at radius 2 is 2.17 bits per heavy atom. The lowest BCUT2D eigenvalue weighted by molar-refractivity contribution is -0.136. The normalized spacial score (nSPS) is 10.6. The number of benzene rings is 1. The number of carboxylic acid groups (broad SMARTS) is 1. The van der Waals surface area contributed by atoms with Gasteiger partial charge in [-0.2, -0.15) is 5.10 Å². The van der Waals surface area contributed by atoms with Crippen molar-refractivity contribution in [1.29, 1.82) is 0 Å². The molecule has 0 unspecified atom stereocenters. The molecule has 0 aliphatic heterocycles. The average Bonchev–Trinajstić information content (AvgIpc) is 2.64. The molecule has 0 aliphatic carbocycles. The van der Waals surface area contributed by atoms with Gasteiger partial charge in [0.15, 0.2) is 0 Å². The van der Waals surface area contributed by atoms with E-state index in [9.17, 15) is 4.79 Å². The van der Waals surface area contributed by atoms with E-state index in [4.69, 9.17) is 16.7 Å². The third kappa shape index (κ3) is 2.24. The lowest BCUT2D eigenvalue weighted by Crippen LogP contribution is -2.04. The van der Waals surface area contributed by atoms with Crippen LogP contribution in [-0.4, -0.2) is 20.9 Å². The number of aliphatic carboxylic acids is 1. The van der Waals surface area contributed by atoms with Gasteiger partial charge in [0, 0.05) is 16.3 Å². The van der Waals surface area contributed by atoms with Gasteiger partial charge in [0.1, 0.15) is 0 Å². The summed E-state index contributed by atoms with van der Waals surface area (Å²) in [6.07, 6.45) is 1.56. The number of carbonyl (C=O) groups is 1. The van der Waals surface area contributed by atoms with Gasteiger partial charge >= 0.3 is 5.97 Å². The van der Waals surface area contributed by atoms with E-state index in [-0.39, 0.29) is 6.42 Å². The molecule has 5 heteroatoms. The quantitative estimate of drug-likeness (QED) is 0.927. The van der Waals surface area contributed by atoms with Gasteiger partial charge in [-0.15, -0.1) is 0 Å². The summed E-state index contributed by atoms with van der Waals surface area (Å²) in [7, 11) is 0. The van der Waals surface area contributed by atoms with Crippen LogP contribution in [0.2, 0.25) is 5.02 Å². The van der Waals surface area contributed by atoms with E-state index in [0.29, 0.717) is 10.6 Å². The molecule has 0 bridgehead atoms. The minimum absolute atomic E-state index is 0.0224. The molecule has 0 fully saturated rings. The molecule has 2 aromatic rings. The molecule has 0 saturated carbocycles. The van der Waals surface area contributed by atoms with E-state index in [1.54, 1.807) is 10.9 Å². The minimum atomic E-state index is -0.861. The van der Waals surface area contributed by atoms with E-state index in [1.807, 2.05) is 32.0 Å². The Balaban J connectivity index is 2.49. The Bertz CT molecular complexity index is 605. The summed E-state index contributed by atoms with van der Waals surface area (Å²) in [5.74, 6) is -0.861. The highest BCUT2D eigenvalue weighted by Gasteiger charge is 2.13. The summed E-state index contributed by atoms with van der Waals surface area (Å²) in [6.45, 7) is 3.77. The second-order valence-corrected chi connectivity index (χ2v) is 4.53. The number of hydrogen-bond donors (Lipinski definition) is 1. The molecule has 1 N–H and O–H groups in total. The smallest absolute Gasteiger partial charge is 0.307 e. The first kappa shape index (κ1) is 12.6. The van der Waals surface area contributed by atoms with E-state index < -0.39 is 5.97 Å². The zero-order valence-electron chi connectivity index (χ0n) is 10.1. The Hall–Kier alpha value is -1.81. The Labute approximate surface area is 110 Å². The van der Waals surface area contributed by atoms with Crippen LogP contribution in [0.4, 0.5) is 0 Å². The van der Waals surface area contributed by atoms with Crippen molar-refractivity contribution in [3.8, 4) is 5.69 Å². The standard InChI is InChI=1S/C13H13ClN2O2/c1-8-11(14)4-3-5-12(8)16-9(2)10(7-15-16)6-13(17)18/h3-5,7H,6H2,1-2H3,(H,17,18). The van der Waals surface area contributed by atoms with Crippen molar-refractivity contribution in [1.82, 2.24) is 9.78 Å². The summed E-state index contributed by atoms with van der Waals surface area (Å²) in [6, 6.07) is 5.58. The van der Waals surface area contributed by atoms with Gasteiger partial charge in [-0.1, -0.05) is 17.7 Å². The van der Waals surface area contributed by atoms with Crippen LogP contribution >= 0.6 is 11.6 Å². The van der Waals surface area contributed by atoms with Gasteiger partial charge in [0.05, 0.1) is 18.3 Å². The molecule has 2 rings (SSSR count). The van der Waals surface area contributed by atoms with Crippen molar-refractivity contribution in [2.24, 2.45) is 0 Å². The maximum atomic E-state index is 10.7. The first-order chi connectivity index (χ1) is 8.50. The largest absolute Gasteiger partial charge is 0.481 e. The van der Waals surface area contributed by atoms with Gasteiger partial charge in [0.2, 0.25) is 0 Å². The van der Waals surface area contributed by atoms with Crippen LogP contribution < -0.4 is 0 Å². The molecule has 0 aliphatic rings. The van der Waals surface area contributed by atoms with E-state index in [2.05, 4.69) is 5.10 Å². The van der Waals surface area contributed by atoms with Gasteiger partial charge in [0.25, 0.3) is 0 Å². The Morgan fingerprint density at radius 3 is 2.83 bits per heavy atom. The number of aromatic nitrogens is 2. The molecule has 18 heavy (non-hydrogen) atoms. The van der Waals surface area contributed by atoms with Gasteiger partial charge in [-0.25, -0.2) is 4.68 Å². The third-order valence-corrected chi connectivity index (χ3v) is 3.33. The predicted molar refractivity (Wildman–Crippen MR) is 69.4 cm³/mol. The van der Waals surface area contributed by atoms with Gasteiger partial charge in [-0.3, -0.25) is 4.79 Å². The second kappa shape index (κ2) is 4.82. The number of rotatable bonds is 3. The van der Waals surface area contributed by atoms with Crippen molar-refractivity contribution in [2.75, 3.05) is 0 Å². The molecule has 1 aromatic carbocycles.